The Kier molecular flexibility index (Phi) is 2.67. The largest absolute Gasteiger partial charge is 0.0654 e. The molecular formula is C15H22. The smallest absolute Gasteiger partial charge is 0.0273 e. The first-order valence-electron chi connectivity index (χ1n) is 7.59. The molecule has 82 valence electrons. The van der Waals surface area contributed by atoms with Crippen LogP contribution in [0, 0.1) is 5.92 Å². The molecule has 0 aliphatic heterocycles. The summed E-state index contributed by atoms with van der Waals surface area (Å²) in [4.78, 5) is 0. The van der Waals surface area contributed by atoms with Crippen molar-refractivity contribution in [2.45, 2.75) is 51.3 Å². The molecule has 1 saturated carbocycles. The van der Waals surface area contributed by atoms with Crippen LogP contribution in [-0.2, 0) is 0 Å². The van der Waals surface area contributed by atoms with E-state index < -0.39 is 6.37 Å². The van der Waals surface area contributed by atoms with Crippen molar-refractivity contribution in [3.63, 3.8) is 0 Å². The predicted octanol–water partition coefficient (Wildman–Crippen LogP) is 4.76. The van der Waals surface area contributed by atoms with E-state index in [4.69, 9.17) is 4.11 Å². The van der Waals surface area contributed by atoms with Crippen LogP contribution in [0.3, 0.4) is 0 Å². The maximum atomic E-state index is 8.31. The van der Waals surface area contributed by atoms with Crippen LogP contribution in [0.15, 0.2) is 30.3 Å². The SMILES string of the molecule is [2H][C@H]1C[C@@H](CCC)CC([2H])([2H])C1c1ccccc1. The van der Waals surface area contributed by atoms with Gasteiger partial charge in [0.2, 0.25) is 0 Å². The van der Waals surface area contributed by atoms with E-state index in [-0.39, 0.29) is 12.3 Å². The van der Waals surface area contributed by atoms with Gasteiger partial charge in [0.1, 0.15) is 0 Å². The van der Waals surface area contributed by atoms with Gasteiger partial charge in [-0.15, -0.1) is 0 Å². The van der Waals surface area contributed by atoms with Crippen LogP contribution in [-0.4, -0.2) is 0 Å². The minimum atomic E-state index is -1.24. The van der Waals surface area contributed by atoms with Gasteiger partial charge in [0.05, 0.1) is 0 Å². The average molecular weight is 205 g/mol. The number of hydrogen-bond acceptors (Lipinski definition) is 0. The molecule has 1 aliphatic rings. The van der Waals surface area contributed by atoms with Gasteiger partial charge in [-0.1, -0.05) is 50.1 Å². The maximum absolute atomic E-state index is 8.31. The predicted molar refractivity (Wildman–Crippen MR) is 66.0 cm³/mol. The Hall–Kier alpha value is -0.780. The van der Waals surface area contributed by atoms with Crippen LogP contribution in [0.4, 0.5) is 0 Å². The van der Waals surface area contributed by atoms with Gasteiger partial charge in [0.15, 0.2) is 0 Å². The van der Waals surface area contributed by atoms with Crippen LogP contribution in [0.25, 0.3) is 0 Å². The van der Waals surface area contributed by atoms with Crippen LogP contribution in [0.2, 0.25) is 0 Å². The molecular weight excluding hydrogens is 180 g/mol. The van der Waals surface area contributed by atoms with Gasteiger partial charge in [0, 0.05) is 4.11 Å². The van der Waals surface area contributed by atoms with Gasteiger partial charge in [-0.2, -0.15) is 0 Å². The van der Waals surface area contributed by atoms with E-state index >= 15 is 0 Å². The molecule has 0 bridgehead atoms. The molecule has 15 heavy (non-hydrogen) atoms. The fraction of sp³-hybridized carbons (Fsp3) is 0.600. The minimum Gasteiger partial charge on any atom is -0.0654 e. The Morgan fingerprint density at radius 1 is 1.27 bits per heavy atom. The highest BCUT2D eigenvalue weighted by molar-refractivity contribution is 5.19. The molecule has 1 aromatic rings. The van der Waals surface area contributed by atoms with Crippen molar-refractivity contribution in [1.29, 1.82) is 0 Å². The summed E-state index contributed by atoms with van der Waals surface area (Å²) < 4.78 is 24.9. The molecule has 0 heteroatoms. The lowest BCUT2D eigenvalue weighted by Crippen LogP contribution is -2.13. The zero-order valence-corrected chi connectivity index (χ0v) is 9.45. The van der Waals surface area contributed by atoms with E-state index in [9.17, 15) is 0 Å². The molecule has 0 N–H and O–H groups in total. The second-order valence-corrected chi connectivity index (χ2v) is 4.42. The third-order valence-electron chi connectivity index (χ3n) is 3.19. The molecule has 1 fully saturated rings. The van der Waals surface area contributed by atoms with E-state index in [0.717, 1.165) is 24.8 Å². The molecule has 1 unspecified atom stereocenters. The van der Waals surface area contributed by atoms with E-state index in [2.05, 4.69) is 6.92 Å². The van der Waals surface area contributed by atoms with E-state index in [1.807, 2.05) is 30.3 Å². The van der Waals surface area contributed by atoms with Gasteiger partial charge in [-0.25, -0.2) is 0 Å². The monoisotopic (exact) mass is 205 g/mol. The summed E-state index contributed by atoms with van der Waals surface area (Å²) in [7, 11) is 0. The Balaban J connectivity index is 2.21. The lowest BCUT2D eigenvalue weighted by atomic mass is 9.77. The molecule has 0 spiro atoms. The molecule has 0 nitrogen and oxygen atoms in total. The molecule has 0 heterocycles. The summed E-state index contributed by atoms with van der Waals surface area (Å²) in [6, 6.07) is 9.75. The number of rotatable bonds is 3. The van der Waals surface area contributed by atoms with E-state index in [1.54, 1.807) is 0 Å². The Morgan fingerprint density at radius 2 is 2.07 bits per heavy atom. The maximum Gasteiger partial charge on any atom is 0.0273 e. The zero-order chi connectivity index (χ0) is 13.2. The summed E-state index contributed by atoms with van der Waals surface area (Å²) in [6.07, 6.45) is 2.03. The van der Waals surface area contributed by atoms with Crippen molar-refractivity contribution in [2.75, 3.05) is 0 Å². The Labute approximate surface area is 97.9 Å². The molecule has 0 saturated heterocycles. The summed E-state index contributed by atoms with van der Waals surface area (Å²) >= 11 is 0. The van der Waals surface area contributed by atoms with Crippen molar-refractivity contribution in [3.8, 4) is 0 Å². The topological polar surface area (TPSA) is 0 Å². The summed E-state index contributed by atoms with van der Waals surface area (Å²) in [5, 5.41) is 0. The highest BCUT2D eigenvalue weighted by Crippen LogP contribution is 2.37. The Bertz CT molecular complexity index is 375. The first-order chi connectivity index (χ1) is 8.54. The highest BCUT2D eigenvalue weighted by Gasteiger charge is 2.21. The van der Waals surface area contributed by atoms with Crippen molar-refractivity contribution in [3.05, 3.63) is 35.9 Å². The van der Waals surface area contributed by atoms with Gasteiger partial charge < -0.3 is 0 Å². The number of hydrogen-bond donors (Lipinski definition) is 0. The standard InChI is InChI=1S/C15H22/c1-2-6-13-9-11-15(12-10-13)14-7-4-3-5-8-14/h3-5,7-8,13,15H,2,6,9-12H2,1H3/t13-,15?/i11D,12D2/t11-,13+,15?/m0/s1. The summed E-state index contributed by atoms with van der Waals surface area (Å²) in [5.74, 6) is 0.110. The molecule has 1 aliphatic carbocycles. The van der Waals surface area contributed by atoms with Crippen molar-refractivity contribution in [1.82, 2.24) is 0 Å². The fourth-order valence-electron chi connectivity index (χ4n) is 2.33. The minimum absolute atomic E-state index is 0.271. The van der Waals surface area contributed by atoms with Crippen LogP contribution < -0.4 is 0 Å². The lowest BCUT2D eigenvalue weighted by molar-refractivity contribution is 0.308. The van der Waals surface area contributed by atoms with Crippen LogP contribution in [0.5, 0.6) is 0 Å². The average Bonchev–Trinajstić information content (AvgIpc) is 2.28. The first kappa shape index (κ1) is 7.49. The second-order valence-electron chi connectivity index (χ2n) is 4.42. The van der Waals surface area contributed by atoms with Crippen LogP contribution >= 0.6 is 0 Å². The fourth-order valence-corrected chi connectivity index (χ4v) is 2.33. The molecule has 0 radical (unpaired) electrons. The summed E-state index contributed by atoms with van der Waals surface area (Å²) in [5.41, 5.74) is 0.984. The molecule has 0 amide bonds. The third-order valence-corrected chi connectivity index (χ3v) is 3.19. The molecule has 3 atom stereocenters. The van der Waals surface area contributed by atoms with E-state index in [1.165, 1.54) is 0 Å². The van der Waals surface area contributed by atoms with Gasteiger partial charge in [-0.05, 0) is 43.0 Å². The lowest BCUT2D eigenvalue weighted by Gasteiger charge is -2.28. The van der Waals surface area contributed by atoms with Gasteiger partial charge in [0.25, 0.3) is 0 Å². The van der Waals surface area contributed by atoms with Gasteiger partial charge in [-0.3, -0.25) is 0 Å². The van der Waals surface area contributed by atoms with E-state index in [0.29, 0.717) is 12.3 Å². The highest BCUT2D eigenvalue weighted by atomic mass is 14.3. The molecule has 1 aromatic carbocycles. The van der Waals surface area contributed by atoms with Crippen molar-refractivity contribution >= 4 is 0 Å². The van der Waals surface area contributed by atoms with Crippen LogP contribution in [0.1, 0.15) is 61.0 Å². The quantitative estimate of drug-likeness (QED) is 0.667. The van der Waals surface area contributed by atoms with Crippen molar-refractivity contribution < 1.29 is 4.11 Å². The van der Waals surface area contributed by atoms with Crippen molar-refractivity contribution in [2.24, 2.45) is 5.92 Å². The first-order valence-corrected chi connectivity index (χ1v) is 6.02. The molecule has 0 aromatic heterocycles. The normalized spacial score (nSPS) is 37.7. The van der Waals surface area contributed by atoms with Gasteiger partial charge >= 0.3 is 0 Å². The zero-order valence-electron chi connectivity index (χ0n) is 12.4. The summed E-state index contributed by atoms with van der Waals surface area (Å²) in [6.45, 7) is 2.14. The Morgan fingerprint density at radius 3 is 2.73 bits per heavy atom. The third kappa shape index (κ3) is 2.84. The molecule has 2 rings (SSSR count). The number of benzene rings is 1. The second kappa shape index (κ2) is 5.34.